The maximum absolute atomic E-state index is 12.6. The number of ether oxygens (including phenoxy) is 1. The zero-order chi connectivity index (χ0) is 16.2. The molecule has 5 nitrogen and oxygen atoms in total. The summed E-state index contributed by atoms with van der Waals surface area (Å²) in [5.41, 5.74) is 0.704. The van der Waals surface area contributed by atoms with Gasteiger partial charge in [-0.05, 0) is 38.5 Å². The van der Waals surface area contributed by atoms with Gasteiger partial charge in [-0.3, -0.25) is 9.59 Å². The summed E-state index contributed by atoms with van der Waals surface area (Å²) in [7, 11) is 0. The van der Waals surface area contributed by atoms with Gasteiger partial charge in [0.2, 0.25) is 0 Å². The Morgan fingerprint density at radius 1 is 1.17 bits per heavy atom. The van der Waals surface area contributed by atoms with E-state index in [2.05, 4.69) is 16.7 Å². The SMILES string of the molecule is CCOC(=O)C1CCCCC1NC(=O)C1=CC2CCCCC2N1. The molecule has 128 valence electrons. The topological polar surface area (TPSA) is 67.4 Å². The number of fused-ring (bicyclic) bond motifs is 1. The van der Waals surface area contributed by atoms with Crippen molar-refractivity contribution in [3.8, 4) is 0 Å². The molecule has 4 atom stereocenters. The number of nitrogens with one attached hydrogen (secondary N) is 2. The molecule has 2 N–H and O–H groups in total. The Hall–Kier alpha value is -1.52. The molecule has 23 heavy (non-hydrogen) atoms. The first kappa shape index (κ1) is 16.3. The van der Waals surface area contributed by atoms with E-state index in [4.69, 9.17) is 4.74 Å². The minimum Gasteiger partial charge on any atom is -0.466 e. The molecule has 3 aliphatic rings. The number of amides is 1. The van der Waals surface area contributed by atoms with Crippen LogP contribution in [0.15, 0.2) is 11.8 Å². The van der Waals surface area contributed by atoms with Crippen molar-refractivity contribution in [1.82, 2.24) is 10.6 Å². The molecule has 1 aliphatic heterocycles. The van der Waals surface area contributed by atoms with Crippen LogP contribution in [-0.4, -0.2) is 30.6 Å². The van der Waals surface area contributed by atoms with Gasteiger partial charge in [0.25, 0.3) is 5.91 Å². The van der Waals surface area contributed by atoms with Crippen LogP contribution in [0.1, 0.15) is 58.3 Å². The molecule has 0 aromatic heterocycles. The molecule has 3 rings (SSSR count). The monoisotopic (exact) mass is 320 g/mol. The van der Waals surface area contributed by atoms with Gasteiger partial charge < -0.3 is 15.4 Å². The van der Waals surface area contributed by atoms with Crippen LogP contribution in [0.5, 0.6) is 0 Å². The normalized spacial score (nSPS) is 33.2. The fraction of sp³-hybridized carbons (Fsp3) is 0.778. The number of esters is 1. The minimum absolute atomic E-state index is 0.0550. The summed E-state index contributed by atoms with van der Waals surface area (Å²) >= 11 is 0. The van der Waals surface area contributed by atoms with Crippen LogP contribution >= 0.6 is 0 Å². The molecule has 0 aromatic rings. The summed E-state index contributed by atoms with van der Waals surface area (Å²) in [4.78, 5) is 24.7. The molecule has 2 aliphatic carbocycles. The van der Waals surface area contributed by atoms with Crippen LogP contribution in [0.2, 0.25) is 0 Å². The van der Waals surface area contributed by atoms with E-state index in [1.165, 1.54) is 19.3 Å². The van der Waals surface area contributed by atoms with Crippen molar-refractivity contribution in [2.24, 2.45) is 11.8 Å². The highest BCUT2D eigenvalue weighted by Crippen LogP contribution is 2.31. The Balaban J connectivity index is 1.60. The van der Waals surface area contributed by atoms with Crippen molar-refractivity contribution in [2.45, 2.75) is 70.4 Å². The summed E-state index contributed by atoms with van der Waals surface area (Å²) in [5, 5.41) is 6.47. The predicted molar refractivity (Wildman–Crippen MR) is 87.5 cm³/mol. The maximum atomic E-state index is 12.6. The summed E-state index contributed by atoms with van der Waals surface area (Å²) in [6.45, 7) is 2.22. The maximum Gasteiger partial charge on any atom is 0.311 e. The van der Waals surface area contributed by atoms with Crippen molar-refractivity contribution < 1.29 is 14.3 Å². The highest BCUT2D eigenvalue weighted by atomic mass is 16.5. The fourth-order valence-electron chi connectivity index (χ4n) is 4.22. The average molecular weight is 320 g/mol. The van der Waals surface area contributed by atoms with Crippen molar-refractivity contribution in [2.75, 3.05) is 6.61 Å². The van der Waals surface area contributed by atoms with Crippen molar-refractivity contribution in [3.05, 3.63) is 11.8 Å². The van der Waals surface area contributed by atoms with Gasteiger partial charge in [0.1, 0.15) is 0 Å². The van der Waals surface area contributed by atoms with Crippen LogP contribution in [0.25, 0.3) is 0 Å². The Bertz CT molecular complexity index is 489. The van der Waals surface area contributed by atoms with Crippen LogP contribution in [0.4, 0.5) is 0 Å². The highest BCUT2D eigenvalue weighted by molar-refractivity contribution is 5.94. The van der Waals surface area contributed by atoms with E-state index in [1.54, 1.807) is 0 Å². The van der Waals surface area contributed by atoms with Crippen LogP contribution in [0, 0.1) is 11.8 Å². The molecule has 2 saturated carbocycles. The Kier molecular flexibility index (Phi) is 5.23. The first-order valence-corrected chi connectivity index (χ1v) is 9.15. The first-order valence-electron chi connectivity index (χ1n) is 9.15. The van der Waals surface area contributed by atoms with Gasteiger partial charge in [-0.15, -0.1) is 0 Å². The van der Waals surface area contributed by atoms with Gasteiger partial charge in [-0.2, -0.15) is 0 Å². The summed E-state index contributed by atoms with van der Waals surface area (Å²) < 4.78 is 5.18. The number of rotatable bonds is 4. The molecule has 1 heterocycles. The number of carbonyl (C=O) groups excluding carboxylic acids is 2. The Morgan fingerprint density at radius 3 is 2.70 bits per heavy atom. The minimum atomic E-state index is -0.197. The van der Waals surface area contributed by atoms with Crippen molar-refractivity contribution >= 4 is 11.9 Å². The average Bonchev–Trinajstić information content (AvgIpc) is 3.00. The molecule has 0 radical (unpaired) electrons. The third kappa shape index (κ3) is 3.70. The smallest absolute Gasteiger partial charge is 0.311 e. The van der Waals surface area contributed by atoms with Gasteiger partial charge in [-0.1, -0.05) is 31.8 Å². The van der Waals surface area contributed by atoms with Crippen molar-refractivity contribution in [1.29, 1.82) is 0 Å². The molecule has 1 amide bonds. The summed E-state index contributed by atoms with van der Waals surface area (Å²) in [6.07, 6.45) is 10.7. The van der Waals surface area contributed by atoms with E-state index in [9.17, 15) is 9.59 Å². The molecule has 0 aromatic carbocycles. The number of hydrogen-bond donors (Lipinski definition) is 2. The van der Waals surface area contributed by atoms with Crippen LogP contribution < -0.4 is 10.6 Å². The molecule has 5 heteroatoms. The second-order valence-corrected chi connectivity index (χ2v) is 7.00. The zero-order valence-corrected chi connectivity index (χ0v) is 14.0. The number of hydrogen-bond acceptors (Lipinski definition) is 4. The van der Waals surface area contributed by atoms with E-state index >= 15 is 0 Å². The van der Waals surface area contributed by atoms with Gasteiger partial charge in [0.05, 0.1) is 18.2 Å². The largest absolute Gasteiger partial charge is 0.466 e. The van der Waals surface area contributed by atoms with E-state index in [0.717, 1.165) is 32.1 Å². The lowest BCUT2D eigenvalue weighted by atomic mass is 9.84. The van der Waals surface area contributed by atoms with E-state index in [0.29, 0.717) is 24.3 Å². The van der Waals surface area contributed by atoms with Gasteiger partial charge in [-0.25, -0.2) is 0 Å². The molecule has 0 spiro atoms. The molecule has 0 saturated heterocycles. The highest BCUT2D eigenvalue weighted by Gasteiger charge is 2.36. The third-order valence-electron chi connectivity index (χ3n) is 5.46. The lowest BCUT2D eigenvalue weighted by molar-refractivity contribution is -0.150. The van der Waals surface area contributed by atoms with Crippen LogP contribution in [-0.2, 0) is 14.3 Å². The standard InChI is InChI=1S/C18H28N2O3/c1-2-23-18(22)13-8-4-6-10-15(13)20-17(21)16-11-12-7-3-5-9-14(12)19-16/h11-15,19H,2-10H2,1H3,(H,20,21). The molecule has 4 unspecified atom stereocenters. The fourth-order valence-corrected chi connectivity index (χ4v) is 4.22. The molecular weight excluding hydrogens is 292 g/mol. The molecular formula is C18H28N2O3. The Morgan fingerprint density at radius 2 is 1.91 bits per heavy atom. The number of carbonyl (C=O) groups is 2. The molecule has 2 fully saturated rings. The van der Waals surface area contributed by atoms with Gasteiger partial charge >= 0.3 is 5.97 Å². The predicted octanol–water partition coefficient (Wildman–Crippen LogP) is 2.27. The van der Waals surface area contributed by atoms with Gasteiger partial charge in [0, 0.05) is 12.1 Å². The van der Waals surface area contributed by atoms with Crippen molar-refractivity contribution in [3.63, 3.8) is 0 Å². The van der Waals surface area contributed by atoms with E-state index in [-0.39, 0.29) is 23.8 Å². The Labute approximate surface area is 138 Å². The van der Waals surface area contributed by atoms with Crippen LogP contribution in [0.3, 0.4) is 0 Å². The van der Waals surface area contributed by atoms with E-state index < -0.39 is 0 Å². The zero-order valence-electron chi connectivity index (χ0n) is 14.0. The lowest BCUT2D eigenvalue weighted by Crippen LogP contribution is -2.47. The lowest BCUT2D eigenvalue weighted by Gasteiger charge is -2.30. The van der Waals surface area contributed by atoms with E-state index in [1.807, 2.05) is 6.92 Å². The summed E-state index contributed by atoms with van der Waals surface area (Å²) in [5.74, 6) is 0.0776. The third-order valence-corrected chi connectivity index (χ3v) is 5.46. The quantitative estimate of drug-likeness (QED) is 0.780. The second-order valence-electron chi connectivity index (χ2n) is 7.00. The summed E-state index contributed by atoms with van der Waals surface area (Å²) in [6, 6.07) is 0.331. The van der Waals surface area contributed by atoms with Gasteiger partial charge in [0.15, 0.2) is 0 Å². The first-order chi connectivity index (χ1) is 11.2. The molecule has 0 bridgehead atoms. The second kappa shape index (κ2) is 7.37.